The van der Waals surface area contributed by atoms with E-state index >= 15 is 0 Å². The van der Waals surface area contributed by atoms with Gasteiger partial charge < -0.3 is 9.47 Å². The fourth-order valence-electron chi connectivity index (χ4n) is 2.58. The smallest absolute Gasteiger partial charge is 0.317 e. The average molecular weight is 290 g/mol. The lowest BCUT2D eigenvalue weighted by atomic mass is 9.93. The first kappa shape index (κ1) is 15.5. The van der Waals surface area contributed by atoms with E-state index < -0.39 is 16.9 Å². The minimum atomic E-state index is -0.875. The first-order chi connectivity index (χ1) is 9.81. The van der Waals surface area contributed by atoms with Gasteiger partial charge in [-0.1, -0.05) is 30.3 Å². The van der Waals surface area contributed by atoms with Gasteiger partial charge in [-0.3, -0.25) is 9.59 Å². The molecular formula is C17H22O4. The molecule has 0 radical (unpaired) electrons. The van der Waals surface area contributed by atoms with Gasteiger partial charge in [0.15, 0.2) is 0 Å². The summed E-state index contributed by atoms with van der Waals surface area (Å²) in [5.41, 5.74) is -0.615. The van der Waals surface area contributed by atoms with Gasteiger partial charge in [-0.15, -0.1) is 0 Å². The molecule has 21 heavy (non-hydrogen) atoms. The van der Waals surface area contributed by atoms with E-state index in [-0.39, 0.29) is 11.9 Å². The average Bonchev–Trinajstić information content (AvgIpc) is 3.15. The van der Waals surface area contributed by atoms with Crippen LogP contribution in [0.25, 0.3) is 0 Å². The molecule has 0 saturated heterocycles. The number of ether oxygens (including phenoxy) is 2. The van der Waals surface area contributed by atoms with Gasteiger partial charge in [0, 0.05) is 0 Å². The van der Waals surface area contributed by atoms with Crippen LogP contribution in [0.15, 0.2) is 30.3 Å². The van der Waals surface area contributed by atoms with Gasteiger partial charge in [-0.05, 0) is 39.7 Å². The van der Waals surface area contributed by atoms with Crippen molar-refractivity contribution in [2.75, 3.05) is 6.61 Å². The second-order valence-electron chi connectivity index (χ2n) is 6.35. The molecule has 1 fully saturated rings. The fraction of sp³-hybridized carbons (Fsp3) is 0.529. The first-order valence-electron chi connectivity index (χ1n) is 7.27. The third-order valence-electron chi connectivity index (χ3n) is 3.58. The minimum Gasteiger partial charge on any atom is -0.465 e. The van der Waals surface area contributed by atoms with Crippen molar-refractivity contribution in [1.82, 2.24) is 0 Å². The molecule has 1 saturated carbocycles. The Morgan fingerprint density at radius 2 is 1.86 bits per heavy atom. The molecule has 1 aromatic carbocycles. The molecule has 2 unspecified atom stereocenters. The Kier molecular flexibility index (Phi) is 4.08. The van der Waals surface area contributed by atoms with Crippen molar-refractivity contribution in [2.45, 2.75) is 45.1 Å². The Balaban J connectivity index is 2.26. The molecule has 0 spiro atoms. The van der Waals surface area contributed by atoms with E-state index in [0.29, 0.717) is 13.0 Å². The van der Waals surface area contributed by atoms with Gasteiger partial charge in [0.2, 0.25) is 0 Å². The molecule has 1 aliphatic rings. The van der Waals surface area contributed by atoms with Crippen LogP contribution in [0.5, 0.6) is 0 Å². The molecule has 0 amide bonds. The number of hydrogen-bond donors (Lipinski definition) is 0. The lowest BCUT2D eigenvalue weighted by Gasteiger charge is -2.21. The highest BCUT2D eigenvalue weighted by Gasteiger charge is 2.66. The van der Waals surface area contributed by atoms with Gasteiger partial charge in [-0.2, -0.15) is 0 Å². The van der Waals surface area contributed by atoms with Crippen LogP contribution in [0, 0.1) is 5.92 Å². The van der Waals surface area contributed by atoms with E-state index in [9.17, 15) is 9.59 Å². The van der Waals surface area contributed by atoms with E-state index in [4.69, 9.17) is 9.47 Å². The van der Waals surface area contributed by atoms with Crippen molar-refractivity contribution >= 4 is 11.9 Å². The van der Waals surface area contributed by atoms with Gasteiger partial charge >= 0.3 is 11.9 Å². The Labute approximate surface area is 125 Å². The minimum absolute atomic E-state index is 0.300. The van der Waals surface area contributed by atoms with E-state index in [2.05, 4.69) is 0 Å². The Morgan fingerprint density at radius 3 is 2.38 bits per heavy atom. The third kappa shape index (κ3) is 3.09. The zero-order chi connectivity index (χ0) is 15.7. The summed E-state index contributed by atoms with van der Waals surface area (Å²) in [4.78, 5) is 24.7. The van der Waals surface area contributed by atoms with Gasteiger partial charge in [0.1, 0.15) is 11.0 Å². The van der Waals surface area contributed by atoms with Crippen molar-refractivity contribution < 1.29 is 19.1 Å². The van der Waals surface area contributed by atoms with Crippen LogP contribution in [0.1, 0.15) is 39.7 Å². The van der Waals surface area contributed by atoms with Crippen molar-refractivity contribution in [2.24, 2.45) is 5.92 Å². The summed E-state index contributed by atoms with van der Waals surface area (Å²) in [6.07, 6.45) is 0.449. The van der Waals surface area contributed by atoms with Crippen molar-refractivity contribution in [3.05, 3.63) is 35.9 Å². The summed E-state index contributed by atoms with van der Waals surface area (Å²) < 4.78 is 10.6. The van der Waals surface area contributed by atoms with Gasteiger partial charge in [0.05, 0.1) is 12.5 Å². The molecule has 0 heterocycles. The SMILES string of the molecule is CCOC(=O)C1(c2ccccc2)CC1C(=O)OC(C)(C)C. The Hall–Kier alpha value is -1.84. The van der Waals surface area contributed by atoms with Crippen LogP contribution in [0.4, 0.5) is 0 Å². The predicted octanol–water partition coefficient (Wildman–Crippen LogP) is 2.85. The monoisotopic (exact) mass is 290 g/mol. The molecule has 0 aromatic heterocycles. The van der Waals surface area contributed by atoms with E-state index in [1.54, 1.807) is 6.92 Å². The van der Waals surface area contributed by atoms with Crippen LogP contribution in [0.3, 0.4) is 0 Å². The predicted molar refractivity (Wildman–Crippen MR) is 78.7 cm³/mol. The van der Waals surface area contributed by atoms with Crippen LogP contribution >= 0.6 is 0 Å². The Bertz CT molecular complexity index is 529. The summed E-state index contributed by atoms with van der Waals surface area (Å²) in [6.45, 7) is 7.53. The molecule has 2 atom stereocenters. The number of hydrogen-bond acceptors (Lipinski definition) is 4. The lowest BCUT2D eigenvalue weighted by Crippen LogP contribution is -2.31. The number of esters is 2. The van der Waals surface area contributed by atoms with E-state index in [1.807, 2.05) is 51.1 Å². The number of carbonyl (C=O) groups is 2. The van der Waals surface area contributed by atoms with Crippen LogP contribution in [-0.4, -0.2) is 24.1 Å². The molecule has 1 aliphatic carbocycles. The molecule has 0 bridgehead atoms. The highest BCUT2D eigenvalue weighted by molar-refractivity contribution is 5.96. The van der Waals surface area contributed by atoms with Gasteiger partial charge in [-0.25, -0.2) is 0 Å². The van der Waals surface area contributed by atoms with Gasteiger partial charge in [0.25, 0.3) is 0 Å². The first-order valence-corrected chi connectivity index (χ1v) is 7.27. The summed E-state index contributed by atoms with van der Waals surface area (Å²) in [7, 11) is 0. The van der Waals surface area contributed by atoms with E-state index in [0.717, 1.165) is 5.56 Å². The van der Waals surface area contributed by atoms with Crippen molar-refractivity contribution in [1.29, 1.82) is 0 Å². The lowest BCUT2D eigenvalue weighted by molar-refractivity contribution is -0.160. The van der Waals surface area contributed by atoms with Crippen LogP contribution < -0.4 is 0 Å². The number of benzene rings is 1. The number of carbonyl (C=O) groups excluding carboxylic acids is 2. The third-order valence-corrected chi connectivity index (χ3v) is 3.58. The molecule has 0 N–H and O–H groups in total. The Morgan fingerprint density at radius 1 is 1.24 bits per heavy atom. The molecular weight excluding hydrogens is 268 g/mol. The summed E-state index contributed by atoms with van der Waals surface area (Å²) in [5, 5.41) is 0. The molecule has 0 aliphatic heterocycles. The zero-order valence-electron chi connectivity index (χ0n) is 13.0. The number of rotatable bonds is 4. The van der Waals surface area contributed by atoms with Crippen molar-refractivity contribution in [3.63, 3.8) is 0 Å². The highest BCUT2D eigenvalue weighted by atomic mass is 16.6. The topological polar surface area (TPSA) is 52.6 Å². The molecule has 4 nitrogen and oxygen atoms in total. The maximum Gasteiger partial charge on any atom is 0.317 e. The highest BCUT2D eigenvalue weighted by Crippen LogP contribution is 2.56. The quantitative estimate of drug-likeness (QED) is 0.800. The second-order valence-corrected chi connectivity index (χ2v) is 6.35. The fourth-order valence-corrected chi connectivity index (χ4v) is 2.58. The molecule has 2 rings (SSSR count). The molecule has 4 heteroatoms. The second kappa shape index (κ2) is 5.51. The zero-order valence-corrected chi connectivity index (χ0v) is 13.0. The van der Waals surface area contributed by atoms with Crippen LogP contribution in [-0.2, 0) is 24.5 Å². The van der Waals surface area contributed by atoms with Crippen molar-refractivity contribution in [3.8, 4) is 0 Å². The van der Waals surface area contributed by atoms with Crippen LogP contribution in [0.2, 0.25) is 0 Å². The summed E-state index contributed by atoms with van der Waals surface area (Å²) in [5.74, 6) is -1.13. The standard InChI is InChI=1S/C17H22O4/c1-5-20-15(19)17(12-9-7-6-8-10-12)11-13(17)14(18)21-16(2,3)4/h6-10,13H,5,11H2,1-4H3. The maximum absolute atomic E-state index is 12.4. The summed E-state index contributed by atoms with van der Waals surface area (Å²) in [6, 6.07) is 9.33. The normalized spacial score (nSPS) is 24.3. The largest absolute Gasteiger partial charge is 0.465 e. The van der Waals surface area contributed by atoms with E-state index in [1.165, 1.54) is 0 Å². The molecule has 114 valence electrons. The molecule has 1 aromatic rings. The summed E-state index contributed by atoms with van der Waals surface area (Å²) >= 11 is 0. The maximum atomic E-state index is 12.4.